The summed E-state index contributed by atoms with van der Waals surface area (Å²) in [7, 11) is 0. The second-order valence-electron chi connectivity index (χ2n) is 4.11. The van der Waals surface area contributed by atoms with Crippen LogP contribution in [-0.4, -0.2) is 11.1 Å². The molecule has 0 heterocycles. The van der Waals surface area contributed by atoms with E-state index >= 15 is 0 Å². The van der Waals surface area contributed by atoms with Crippen molar-refractivity contribution in [3.05, 3.63) is 71.0 Å². The van der Waals surface area contributed by atoms with Gasteiger partial charge < -0.3 is 5.11 Å². The average molecular weight is 267 g/mol. The first-order chi connectivity index (χ1) is 9.60. The van der Waals surface area contributed by atoms with Crippen LogP contribution < -0.4 is 0 Å². The summed E-state index contributed by atoms with van der Waals surface area (Å²) in [6.07, 6.45) is 1.55. The lowest BCUT2D eigenvalue weighted by Crippen LogP contribution is -1.95. The lowest BCUT2D eigenvalue weighted by Gasteiger charge is -2.01. The monoisotopic (exact) mass is 267 g/mol. The summed E-state index contributed by atoms with van der Waals surface area (Å²) in [5, 5.41) is 18.0. The molecule has 0 aromatic heterocycles. The van der Waals surface area contributed by atoms with E-state index < -0.39 is 5.97 Å². The Bertz CT molecular complexity index is 712. The summed E-state index contributed by atoms with van der Waals surface area (Å²) in [6.45, 7) is 0. The van der Waals surface area contributed by atoms with Gasteiger partial charge in [0.1, 0.15) is 5.82 Å². The molecule has 2 aromatic carbocycles. The number of aromatic carboxylic acids is 1. The van der Waals surface area contributed by atoms with E-state index in [2.05, 4.69) is 0 Å². The van der Waals surface area contributed by atoms with Crippen molar-refractivity contribution in [3.63, 3.8) is 0 Å². The molecule has 1 N–H and O–H groups in total. The Hall–Kier alpha value is -2.93. The van der Waals surface area contributed by atoms with Crippen molar-refractivity contribution >= 4 is 17.6 Å². The van der Waals surface area contributed by atoms with Crippen molar-refractivity contribution in [2.24, 2.45) is 0 Å². The van der Waals surface area contributed by atoms with E-state index in [1.807, 2.05) is 6.07 Å². The third kappa shape index (κ3) is 3.09. The van der Waals surface area contributed by atoms with Crippen LogP contribution in [0.5, 0.6) is 0 Å². The minimum Gasteiger partial charge on any atom is -0.478 e. The lowest BCUT2D eigenvalue weighted by atomic mass is 10.0. The van der Waals surface area contributed by atoms with E-state index in [-0.39, 0.29) is 11.4 Å². The minimum atomic E-state index is -1.02. The number of nitriles is 1. The summed E-state index contributed by atoms with van der Waals surface area (Å²) in [6, 6.07) is 13.9. The van der Waals surface area contributed by atoms with Gasteiger partial charge in [0, 0.05) is 0 Å². The standard InChI is InChI=1S/C16H10FNO2/c17-15-3-1-2-11(9-15)8-14(10-18)12-4-6-13(7-5-12)16(19)20/h1-9H,(H,19,20)/b14-8-. The Labute approximate surface area is 115 Å². The van der Waals surface area contributed by atoms with Crippen LogP contribution in [-0.2, 0) is 0 Å². The maximum atomic E-state index is 13.1. The number of rotatable bonds is 3. The predicted molar refractivity (Wildman–Crippen MR) is 73.3 cm³/mol. The van der Waals surface area contributed by atoms with Crippen LogP contribution in [0.4, 0.5) is 4.39 Å². The van der Waals surface area contributed by atoms with E-state index in [4.69, 9.17) is 10.4 Å². The maximum Gasteiger partial charge on any atom is 0.335 e. The Balaban J connectivity index is 2.37. The number of halogens is 1. The number of carbonyl (C=O) groups is 1. The number of carboxylic acids is 1. The van der Waals surface area contributed by atoms with E-state index in [9.17, 15) is 9.18 Å². The van der Waals surface area contributed by atoms with Gasteiger partial charge in [-0.25, -0.2) is 9.18 Å². The van der Waals surface area contributed by atoms with Crippen LogP contribution >= 0.6 is 0 Å². The zero-order valence-corrected chi connectivity index (χ0v) is 10.4. The summed E-state index contributed by atoms with van der Waals surface area (Å²) < 4.78 is 13.1. The smallest absolute Gasteiger partial charge is 0.335 e. The molecule has 2 rings (SSSR count). The normalized spacial score (nSPS) is 10.9. The lowest BCUT2D eigenvalue weighted by molar-refractivity contribution is 0.0697. The molecule has 0 aliphatic carbocycles. The number of nitrogens with zero attached hydrogens (tertiary/aromatic N) is 1. The van der Waals surface area contributed by atoms with Crippen LogP contribution in [0.25, 0.3) is 11.6 Å². The van der Waals surface area contributed by atoms with Crippen molar-refractivity contribution in [1.82, 2.24) is 0 Å². The van der Waals surface area contributed by atoms with Crippen molar-refractivity contribution in [2.75, 3.05) is 0 Å². The summed E-state index contributed by atoms with van der Waals surface area (Å²) >= 11 is 0. The fraction of sp³-hybridized carbons (Fsp3) is 0. The van der Waals surface area contributed by atoms with Crippen molar-refractivity contribution in [1.29, 1.82) is 5.26 Å². The first-order valence-electron chi connectivity index (χ1n) is 5.81. The first kappa shape index (κ1) is 13.5. The third-order valence-electron chi connectivity index (χ3n) is 2.72. The van der Waals surface area contributed by atoms with Crippen LogP contribution in [0.15, 0.2) is 48.5 Å². The van der Waals surface area contributed by atoms with Crippen LogP contribution in [0.3, 0.4) is 0 Å². The number of carboxylic acid groups (broad SMARTS) is 1. The SMILES string of the molecule is N#C/C(=C/c1cccc(F)c1)c1ccc(C(=O)O)cc1. The molecule has 0 saturated heterocycles. The molecule has 2 aromatic rings. The van der Waals surface area contributed by atoms with Crippen molar-refractivity contribution in [2.45, 2.75) is 0 Å². The van der Waals surface area contributed by atoms with Gasteiger partial charge in [0.15, 0.2) is 0 Å². The van der Waals surface area contributed by atoms with Gasteiger partial charge in [-0.1, -0.05) is 24.3 Å². The first-order valence-corrected chi connectivity index (χ1v) is 5.81. The fourth-order valence-electron chi connectivity index (χ4n) is 1.74. The number of benzene rings is 2. The van der Waals surface area contributed by atoms with E-state index in [0.717, 1.165) is 0 Å². The molecule has 3 nitrogen and oxygen atoms in total. The topological polar surface area (TPSA) is 61.1 Å². The van der Waals surface area contributed by atoms with E-state index in [0.29, 0.717) is 16.7 Å². The van der Waals surface area contributed by atoms with E-state index in [1.54, 1.807) is 30.3 Å². The summed E-state index contributed by atoms with van der Waals surface area (Å²) in [5.41, 5.74) is 1.65. The number of allylic oxidation sites excluding steroid dienone is 1. The Morgan fingerprint density at radius 3 is 2.35 bits per heavy atom. The van der Waals surface area contributed by atoms with Gasteiger partial charge in [0.05, 0.1) is 17.2 Å². The molecule has 0 spiro atoms. The largest absolute Gasteiger partial charge is 0.478 e. The van der Waals surface area contributed by atoms with Crippen LogP contribution in [0, 0.1) is 17.1 Å². The van der Waals surface area contributed by atoms with Gasteiger partial charge in [-0.2, -0.15) is 5.26 Å². The molecule has 0 aliphatic rings. The van der Waals surface area contributed by atoms with Gasteiger partial charge in [0.2, 0.25) is 0 Å². The molecule has 0 saturated carbocycles. The molecule has 0 fully saturated rings. The zero-order valence-electron chi connectivity index (χ0n) is 10.4. The molecule has 0 bridgehead atoms. The second kappa shape index (κ2) is 5.81. The minimum absolute atomic E-state index is 0.150. The fourth-order valence-corrected chi connectivity index (χ4v) is 1.74. The number of hydrogen-bond acceptors (Lipinski definition) is 2. The highest BCUT2D eigenvalue weighted by Crippen LogP contribution is 2.18. The molecule has 0 amide bonds. The molecule has 0 aliphatic heterocycles. The summed E-state index contributed by atoms with van der Waals surface area (Å²) in [5.74, 6) is -1.40. The van der Waals surface area contributed by atoms with Gasteiger partial charge in [-0.05, 0) is 41.5 Å². The molecule has 98 valence electrons. The molecule has 0 radical (unpaired) electrons. The van der Waals surface area contributed by atoms with Crippen molar-refractivity contribution in [3.8, 4) is 6.07 Å². The van der Waals surface area contributed by atoms with E-state index in [1.165, 1.54) is 24.3 Å². The van der Waals surface area contributed by atoms with Crippen molar-refractivity contribution < 1.29 is 14.3 Å². The Morgan fingerprint density at radius 2 is 1.80 bits per heavy atom. The van der Waals surface area contributed by atoms with Crippen LogP contribution in [0.2, 0.25) is 0 Å². The Kier molecular flexibility index (Phi) is 3.92. The summed E-state index contributed by atoms with van der Waals surface area (Å²) in [4.78, 5) is 10.8. The van der Waals surface area contributed by atoms with Gasteiger partial charge in [-0.3, -0.25) is 0 Å². The molecule has 0 unspecified atom stereocenters. The molecule has 4 heteroatoms. The molecular formula is C16H10FNO2. The zero-order chi connectivity index (χ0) is 14.5. The van der Waals surface area contributed by atoms with Gasteiger partial charge >= 0.3 is 5.97 Å². The molecule has 20 heavy (non-hydrogen) atoms. The maximum absolute atomic E-state index is 13.1. The average Bonchev–Trinajstić information content (AvgIpc) is 2.45. The quantitative estimate of drug-likeness (QED) is 0.682. The molecular weight excluding hydrogens is 257 g/mol. The highest BCUT2D eigenvalue weighted by molar-refractivity contribution is 5.92. The third-order valence-corrected chi connectivity index (χ3v) is 2.72. The second-order valence-corrected chi connectivity index (χ2v) is 4.11. The predicted octanol–water partition coefficient (Wildman–Crippen LogP) is 3.59. The van der Waals surface area contributed by atoms with Gasteiger partial charge in [-0.15, -0.1) is 0 Å². The highest BCUT2D eigenvalue weighted by atomic mass is 19.1. The molecule has 0 atom stereocenters. The highest BCUT2D eigenvalue weighted by Gasteiger charge is 2.05. The van der Waals surface area contributed by atoms with Gasteiger partial charge in [0.25, 0.3) is 0 Å². The Morgan fingerprint density at radius 1 is 1.15 bits per heavy atom. The van der Waals surface area contributed by atoms with Crippen LogP contribution in [0.1, 0.15) is 21.5 Å². The number of hydrogen-bond donors (Lipinski definition) is 1.